The molecule has 0 aromatic rings. The predicted molar refractivity (Wildman–Crippen MR) is 50.8 cm³/mol. The normalized spacial score (nSPS) is 24.7. The van der Waals surface area contributed by atoms with Gasteiger partial charge in [-0.1, -0.05) is 18.8 Å². The lowest BCUT2D eigenvalue weighted by Gasteiger charge is -2.26. The van der Waals surface area contributed by atoms with Crippen LogP contribution in [0.4, 0.5) is 0 Å². The molecule has 0 atom stereocenters. The summed E-state index contributed by atoms with van der Waals surface area (Å²) in [5.41, 5.74) is 0. The summed E-state index contributed by atoms with van der Waals surface area (Å²) >= 11 is 0. The zero-order valence-corrected chi connectivity index (χ0v) is 7.63. The zero-order valence-electron chi connectivity index (χ0n) is 7.63. The first-order chi connectivity index (χ1) is 5.92. The summed E-state index contributed by atoms with van der Waals surface area (Å²) in [4.78, 5) is 2.56. The van der Waals surface area contributed by atoms with Crippen LogP contribution in [0.5, 0.6) is 0 Å². The summed E-state index contributed by atoms with van der Waals surface area (Å²) in [6.07, 6.45) is 13.7. The molecule has 0 aromatic heterocycles. The van der Waals surface area contributed by atoms with Crippen LogP contribution < -0.4 is 0 Å². The minimum atomic E-state index is 0.827. The van der Waals surface area contributed by atoms with E-state index in [1.54, 1.807) is 0 Å². The highest BCUT2D eigenvalue weighted by molar-refractivity contribution is 4.98. The molecule has 2 aliphatic carbocycles. The Morgan fingerprint density at radius 1 is 1.08 bits per heavy atom. The molecule has 0 aliphatic heterocycles. The Balaban J connectivity index is 1.90. The van der Waals surface area contributed by atoms with Crippen LogP contribution in [0.3, 0.4) is 0 Å². The molecule has 2 rings (SSSR count). The van der Waals surface area contributed by atoms with Gasteiger partial charge < -0.3 is 0 Å². The number of nitrogens with zero attached hydrogens (tertiary/aromatic N) is 1. The van der Waals surface area contributed by atoms with Crippen molar-refractivity contribution in [3.05, 3.63) is 0 Å². The highest BCUT2D eigenvalue weighted by atomic mass is 15.2. The van der Waals surface area contributed by atoms with E-state index in [-0.39, 0.29) is 0 Å². The largest absolute Gasteiger partial charge is 0.286 e. The summed E-state index contributed by atoms with van der Waals surface area (Å²) in [5, 5.41) is 0. The van der Waals surface area contributed by atoms with Gasteiger partial charge in [0, 0.05) is 12.1 Å². The minimum absolute atomic E-state index is 0.827. The molecule has 2 saturated carbocycles. The van der Waals surface area contributed by atoms with Gasteiger partial charge in [0.2, 0.25) is 0 Å². The van der Waals surface area contributed by atoms with Crippen LogP contribution in [0.2, 0.25) is 0 Å². The molecule has 0 saturated heterocycles. The van der Waals surface area contributed by atoms with Crippen molar-refractivity contribution in [3.8, 4) is 12.3 Å². The molecular weight excluding hydrogens is 146 g/mol. The topological polar surface area (TPSA) is 3.24 Å². The highest BCUT2D eigenvalue weighted by Crippen LogP contribution is 2.33. The SMILES string of the molecule is C#CCN(C1CCCC1)C1CC1. The second kappa shape index (κ2) is 3.49. The molecule has 0 unspecified atom stereocenters. The molecule has 0 radical (unpaired) electrons. The van der Waals surface area contributed by atoms with E-state index in [0.717, 1.165) is 18.6 Å². The Morgan fingerprint density at radius 3 is 2.17 bits per heavy atom. The van der Waals surface area contributed by atoms with Crippen molar-refractivity contribution >= 4 is 0 Å². The van der Waals surface area contributed by atoms with Crippen molar-refractivity contribution in [1.82, 2.24) is 4.90 Å². The second-order valence-corrected chi connectivity index (χ2v) is 4.05. The first-order valence-electron chi connectivity index (χ1n) is 5.11. The van der Waals surface area contributed by atoms with Crippen molar-refractivity contribution in [3.63, 3.8) is 0 Å². The van der Waals surface area contributed by atoms with E-state index in [1.807, 2.05) is 0 Å². The molecule has 0 amide bonds. The smallest absolute Gasteiger partial charge is 0.0603 e. The fraction of sp³-hybridized carbons (Fsp3) is 0.818. The van der Waals surface area contributed by atoms with Crippen molar-refractivity contribution in [1.29, 1.82) is 0 Å². The Labute approximate surface area is 75.1 Å². The van der Waals surface area contributed by atoms with Crippen LogP contribution >= 0.6 is 0 Å². The number of rotatable bonds is 3. The Kier molecular flexibility index (Phi) is 2.37. The molecule has 1 heteroatoms. The summed E-state index contributed by atoms with van der Waals surface area (Å²) < 4.78 is 0. The average Bonchev–Trinajstić information content (AvgIpc) is 2.77. The third kappa shape index (κ3) is 1.64. The van der Waals surface area contributed by atoms with E-state index in [9.17, 15) is 0 Å². The van der Waals surface area contributed by atoms with Gasteiger partial charge in [-0.15, -0.1) is 6.42 Å². The first-order valence-corrected chi connectivity index (χ1v) is 5.11. The molecule has 66 valence electrons. The maximum atomic E-state index is 5.37. The summed E-state index contributed by atoms with van der Waals surface area (Å²) in [6.45, 7) is 0.884. The van der Waals surface area contributed by atoms with Gasteiger partial charge in [0.25, 0.3) is 0 Å². The van der Waals surface area contributed by atoms with Gasteiger partial charge >= 0.3 is 0 Å². The number of hydrogen-bond donors (Lipinski definition) is 0. The van der Waals surface area contributed by atoms with Gasteiger partial charge in [-0.3, -0.25) is 4.90 Å². The molecule has 0 N–H and O–H groups in total. The maximum absolute atomic E-state index is 5.37. The zero-order chi connectivity index (χ0) is 8.39. The first kappa shape index (κ1) is 8.13. The quantitative estimate of drug-likeness (QED) is 0.575. The van der Waals surface area contributed by atoms with Crippen LogP contribution in [-0.4, -0.2) is 23.5 Å². The average molecular weight is 163 g/mol. The van der Waals surface area contributed by atoms with Gasteiger partial charge in [-0.2, -0.15) is 0 Å². The lowest BCUT2D eigenvalue weighted by molar-refractivity contribution is 0.213. The molecule has 0 aromatic carbocycles. The van der Waals surface area contributed by atoms with Crippen molar-refractivity contribution in [2.75, 3.05) is 6.54 Å². The van der Waals surface area contributed by atoms with Crippen LogP contribution in [-0.2, 0) is 0 Å². The minimum Gasteiger partial charge on any atom is -0.286 e. The number of terminal acetylenes is 1. The van der Waals surface area contributed by atoms with E-state index >= 15 is 0 Å². The molecule has 0 spiro atoms. The Hall–Kier alpha value is -0.480. The molecule has 12 heavy (non-hydrogen) atoms. The van der Waals surface area contributed by atoms with Crippen LogP contribution in [0, 0.1) is 12.3 Å². The van der Waals surface area contributed by atoms with Crippen molar-refractivity contribution < 1.29 is 0 Å². The van der Waals surface area contributed by atoms with Crippen LogP contribution in [0.1, 0.15) is 38.5 Å². The van der Waals surface area contributed by atoms with E-state index < -0.39 is 0 Å². The van der Waals surface area contributed by atoms with Gasteiger partial charge in [0.15, 0.2) is 0 Å². The highest BCUT2D eigenvalue weighted by Gasteiger charge is 2.34. The predicted octanol–water partition coefficient (Wildman–Crippen LogP) is 2.03. The summed E-state index contributed by atoms with van der Waals surface area (Å²) in [6, 6.07) is 1.68. The van der Waals surface area contributed by atoms with E-state index in [1.165, 1.54) is 38.5 Å². The summed E-state index contributed by atoms with van der Waals surface area (Å²) in [7, 11) is 0. The van der Waals surface area contributed by atoms with Gasteiger partial charge in [-0.05, 0) is 25.7 Å². The van der Waals surface area contributed by atoms with E-state index in [0.29, 0.717) is 0 Å². The van der Waals surface area contributed by atoms with E-state index in [2.05, 4.69) is 10.8 Å². The van der Waals surface area contributed by atoms with Crippen LogP contribution in [0.25, 0.3) is 0 Å². The number of hydrogen-bond acceptors (Lipinski definition) is 1. The van der Waals surface area contributed by atoms with Crippen molar-refractivity contribution in [2.24, 2.45) is 0 Å². The summed E-state index contributed by atoms with van der Waals surface area (Å²) in [5.74, 6) is 2.79. The van der Waals surface area contributed by atoms with Gasteiger partial charge in [0.1, 0.15) is 0 Å². The molecule has 0 heterocycles. The molecular formula is C11H17N. The molecule has 2 fully saturated rings. The van der Waals surface area contributed by atoms with Crippen LogP contribution in [0.15, 0.2) is 0 Å². The fourth-order valence-corrected chi connectivity index (χ4v) is 2.30. The molecule has 1 nitrogen and oxygen atoms in total. The monoisotopic (exact) mass is 163 g/mol. The lowest BCUT2D eigenvalue weighted by Crippen LogP contribution is -2.35. The van der Waals surface area contributed by atoms with Crippen molar-refractivity contribution in [2.45, 2.75) is 50.6 Å². The van der Waals surface area contributed by atoms with E-state index in [4.69, 9.17) is 6.42 Å². The standard InChI is InChI=1S/C11H17N/c1-2-9-12(11-7-8-11)10-5-3-4-6-10/h1,10-11H,3-9H2. The third-order valence-corrected chi connectivity index (χ3v) is 3.08. The molecule has 2 aliphatic rings. The maximum Gasteiger partial charge on any atom is 0.0603 e. The third-order valence-electron chi connectivity index (χ3n) is 3.08. The lowest BCUT2D eigenvalue weighted by atomic mass is 10.2. The molecule has 0 bridgehead atoms. The Bertz CT molecular complexity index is 182. The second-order valence-electron chi connectivity index (χ2n) is 4.05. The van der Waals surface area contributed by atoms with Gasteiger partial charge in [-0.25, -0.2) is 0 Å². The van der Waals surface area contributed by atoms with Gasteiger partial charge in [0.05, 0.1) is 6.54 Å². The fourth-order valence-electron chi connectivity index (χ4n) is 2.30. The Morgan fingerprint density at radius 2 is 1.67 bits per heavy atom.